The standard InChI is InChI=1S/C16H32N2O/c1-2-14(11-12-17)9-10-16(19)18-13-5-8-15-6-3-4-7-15/h14-15H,2-13,17H2,1H3,(H,18,19). The lowest BCUT2D eigenvalue weighted by Crippen LogP contribution is -2.25. The van der Waals surface area contributed by atoms with Gasteiger partial charge in [0.15, 0.2) is 0 Å². The molecule has 0 spiro atoms. The van der Waals surface area contributed by atoms with Gasteiger partial charge in [-0.25, -0.2) is 0 Å². The summed E-state index contributed by atoms with van der Waals surface area (Å²) in [5.41, 5.74) is 5.57. The normalized spacial score (nSPS) is 17.6. The maximum atomic E-state index is 11.7. The van der Waals surface area contributed by atoms with Gasteiger partial charge in [0.1, 0.15) is 0 Å². The molecule has 0 saturated heterocycles. The van der Waals surface area contributed by atoms with Gasteiger partial charge in [-0.3, -0.25) is 4.79 Å². The quantitative estimate of drug-likeness (QED) is 0.598. The fourth-order valence-corrected chi connectivity index (χ4v) is 3.13. The first-order valence-corrected chi connectivity index (χ1v) is 8.23. The Morgan fingerprint density at radius 3 is 2.68 bits per heavy atom. The van der Waals surface area contributed by atoms with E-state index >= 15 is 0 Å². The molecule has 0 aliphatic heterocycles. The lowest BCUT2D eigenvalue weighted by atomic mass is 9.96. The fraction of sp³-hybridized carbons (Fsp3) is 0.938. The van der Waals surface area contributed by atoms with Crippen LogP contribution in [0.5, 0.6) is 0 Å². The summed E-state index contributed by atoms with van der Waals surface area (Å²) < 4.78 is 0. The topological polar surface area (TPSA) is 55.1 Å². The first kappa shape index (κ1) is 16.5. The monoisotopic (exact) mass is 268 g/mol. The van der Waals surface area contributed by atoms with Gasteiger partial charge in [0.25, 0.3) is 0 Å². The molecule has 0 bridgehead atoms. The number of hydrogen-bond donors (Lipinski definition) is 2. The van der Waals surface area contributed by atoms with Gasteiger partial charge in [-0.2, -0.15) is 0 Å². The SMILES string of the molecule is CCC(CCN)CCC(=O)NCCCC1CCCC1. The van der Waals surface area contributed by atoms with E-state index in [0.717, 1.165) is 44.7 Å². The highest BCUT2D eigenvalue weighted by Gasteiger charge is 2.14. The van der Waals surface area contributed by atoms with Crippen molar-refractivity contribution in [3.8, 4) is 0 Å². The van der Waals surface area contributed by atoms with Gasteiger partial charge >= 0.3 is 0 Å². The summed E-state index contributed by atoms with van der Waals surface area (Å²) in [6, 6.07) is 0. The molecular weight excluding hydrogens is 236 g/mol. The molecule has 19 heavy (non-hydrogen) atoms. The van der Waals surface area contributed by atoms with E-state index in [9.17, 15) is 4.79 Å². The molecule has 0 aromatic rings. The minimum absolute atomic E-state index is 0.224. The minimum Gasteiger partial charge on any atom is -0.356 e. The fourth-order valence-electron chi connectivity index (χ4n) is 3.13. The molecule has 1 unspecified atom stereocenters. The summed E-state index contributed by atoms with van der Waals surface area (Å²) >= 11 is 0. The summed E-state index contributed by atoms with van der Waals surface area (Å²) in [5.74, 6) is 1.78. The van der Waals surface area contributed by atoms with Crippen LogP contribution in [0.1, 0.15) is 71.1 Å². The third-order valence-corrected chi connectivity index (χ3v) is 4.52. The van der Waals surface area contributed by atoms with Crippen molar-refractivity contribution >= 4 is 5.91 Å². The number of carbonyl (C=O) groups excluding carboxylic acids is 1. The van der Waals surface area contributed by atoms with Crippen LogP contribution in [0.2, 0.25) is 0 Å². The molecule has 1 fully saturated rings. The average Bonchev–Trinajstić information content (AvgIpc) is 2.92. The van der Waals surface area contributed by atoms with Gasteiger partial charge in [-0.1, -0.05) is 39.0 Å². The molecule has 1 atom stereocenters. The lowest BCUT2D eigenvalue weighted by Gasteiger charge is -2.13. The molecule has 1 aliphatic rings. The second kappa shape index (κ2) is 10.2. The largest absolute Gasteiger partial charge is 0.356 e. The molecule has 1 amide bonds. The van der Waals surface area contributed by atoms with E-state index < -0.39 is 0 Å². The first-order valence-electron chi connectivity index (χ1n) is 8.23. The molecule has 3 heteroatoms. The summed E-state index contributed by atoms with van der Waals surface area (Å²) in [6.07, 6.45) is 11.9. The van der Waals surface area contributed by atoms with Gasteiger partial charge in [-0.05, 0) is 44.1 Å². The highest BCUT2D eigenvalue weighted by molar-refractivity contribution is 5.75. The molecule has 0 aromatic heterocycles. The maximum absolute atomic E-state index is 11.7. The predicted molar refractivity (Wildman–Crippen MR) is 80.9 cm³/mol. The van der Waals surface area contributed by atoms with Gasteiger partial charge in [0.05, 0.1) is 0 Å². The Labute approximate surface area is 118 Å². The van der Waals surface area contributed by atoms with Gasteiger partial charge < -0.3 is 11.1 Å². The number of amides is 1. The number of carbonyl (C=O) groups is 1. The molecule has 0 heterocycles. The number of nitrogens with one attached hydrogen (secondary N) is 1. The summed E-state index contributed by atoms with van der Waals surface area (Å²) in [6.45, 7) is 3.78. The van der Waals surface area contributed by atoms with Gasteiger partial charge in [0, 0.05) is 13.0 Å². The third-order valence-electron chi connectivity index (χ3n) is 4.52. The second-order valence-electron chi connectivity index (χ2n) is 6.03. The maximum Gasteiger partial charge on any atom is 0.220 e. The zero-order valence-electron chi connectivity index (χ0n) is 12.6. The number of rotatable bonds is 10. The predicted octanol–water partition coefficient (Wildman–Crippen LogP) is 3.23. The Kier molecular flexibility index (Phi) is 8.89. The average molecular weight is 268 g/mol. The summed E-state index contributed by atoms with van der Waals surface area (Å²) in [5, 5.41) is 3.06. The van der Waals surface area contributed by atoms with E-state index in [1.54, 1.807) is 0 Å². The Balaban J connectivity index is 1.97. The van der Waals surface area contributed by atoms with Crippen LogP contribution < -0.4 is 11.1 Å². The van der Waals surface area contributed by atoms with Gasteiger partial charge in [-0.15, -0.1) is 0 Å². The lowest BCUT2D eigenvalue weighted by molar-refractivity contribution is -0.121. The zero-order valence-corrected chi connectivity index (χ0v) is 12.6. The van der Waals surface area contributed by atoms with Crippen LogP contribution in [0, 0.1) is 11.8 Å². The molecule has 1 rings (SSSR count). The molecular formula is C16H32N2O. The van der Waals surface area contributed by atoms with Crippen LogP contribution in [0.15, 0.2) is 0 Å². The van der Waals surface area contributed by atoms with E-state index in [2.05, 4.69) is 12.2 Å². The van der Waals surface area contributed by atoms with Crippen LogP contribution in [0.3, 0.4) is 0 Å². The van der Waals surface area contributed by atoms with Gasteiger partial charge in [0.2, 0.25) is 5.91 Å². The molecule has 3 nitrogen and oxygen atoms in total. The highest BCUT2D eigenvalue weighted by atomic mass is 16.1. The van der Waals surface area contributed by atoms with Crippen LogP contribution in [-0.4, -0.2) is 19.0 Å². The van der Waals surface area contributed by atoms with Crippen LogP contribution in [0.25, 0.3) is 0 Å². The zero-order chi connectivity index (χ0) is 13.9. The van der Waals surface area contributed by atoms with Crippen LogP contribution in [-0.2, 0) is 4.79 Å². The van der Waals surface area contributed by atoms with E-state index in [-0.39, 0.29) is 5.91 Å². The molecule has 1 aliphatic carbocycles. The van der Waals surface area contributed by atoms with Crippen molar-refractivity contribution in [2.75, 3.05) is 13.1 Å². The minimum atomic E-state index is 0.224. The first-order chi connectivity index (χ1) is 9.26. The van der Waals surface area contributed by atoms with E-state index in [1.165, 1.54) is 32.1 Å². The molecule has 112 valence electrons. The number of hydrogen-bond acceptors (Lipinski definition) is 2. The van der Waals surface area contributed by atoms with Crippen molar-refractivity contribution in [1.29, 1.82) is 0 Å². The summed E-state index contributed by atoms with van der Waals surface area (Å²) in [7, 11) is 0. The smallest absolute Gasteiger partial charge is 0.220 e. The molecule has 0 aromatic carbocycles. The van der Waals surface area contributed by atoms with Crippen LogP contribution in [0.4, 0.5) is 0 Å². The molecule has 3 N–H and O–H groups in total. The van der Waals surface area contributed by atoms with Crippen molar-refractivity contribution < 1.29 is 4.79 Å². The van der Waals surface area contributed by atoms with E-state index in [4.69, 9.17) is 5.73 Å². The van der Waals surface area contributed by atoms with E-state index in [1.807, 2.05) is 0 Å². The Morgan fingerprint density at radius 1 is 1.32 bits per heavy atom. The Hall–Kier alpha value is -0.570. The molecule has 1 saturated carbocycles. The van der Waals surface area contributed by atoms with Crippen molar-refractivity contribution in [2.24, 2.45) is 17.6 Å². The van der Waals surface area contributed by atoms with Crippen LogP contribution >= 0.6 is 0 Å². The van der Waals surface area contributed by atoms with Crippen molar-refractivity contribution in [2.45, 2.75) is 71.1 Å². The highest BCUT2D eigenvalue weighted by Crippen LogP contribution is 2.28. The Bertz CT molecular complexity index is 237. The Morgan fingerprint density at radius 2 is 2.05 bits per heavy atom. The second-order valence-corrected chi connectivity index (χ2v) is 6.03. The van der Waals surface area contributed by atoms with Crippen molar-refractivity contribution in [1.82, 2.24) is 5.32 Å². The number of nitrogens with two attached hydrogens (primary N) is 1. The van der Waals surface area contributed by atoms with Crippen molar-refractivity contribution in [3.63, 3.8) is 0 Å². The third kappa shape index (κ3) is 7.56. The summed E-state index contributed by atoms with van der Waals surface area (Å²) in [4.78, 5) is 11.7. The van der Waals surface area contributed by atoms with E-state index in [0.29, 0.717) is 12.3 Å². The van der Waals surface area contributed by atoms with Crippen molar-refractivity contribution in [3.05, 3.63) is 0 Å². The molecule has 0 radical (unpaired) electrons.